The van der Waals surface area contributed by atoms with E-state index in [4.69, 9.17) is 0 Å². The minimum absolute atomic E-state index is 0.355. The molecule has 23 heavy (non-hydrogen) atoms. The van der Waals surface area contributed by atoms with Crippen molar-refractivity contribution >= 4 is 28.8 Å². The van der Waals surface area contributed by atoms with Gasteiger partial charge in [0.1, 0.15) is 4.88 Å². The summed E-state index contributed by atoms with van der Waals surface area (Å²) in [6.45, 7) is 7.74. The van der Waals surface area contributed by atoms with Gasteiger partial charge in [-0.2, -0.15) is 0 Å². The molecule has 0 aliphatic carbocycles. The second kappa shape index (κ2) is 7.73. The molecule has 122 valence electrons. The van der Waals surface area contributed by atoms with Gasteiger partial charge in [-0.05, 0) is 45.0 Å². The van der Waals surface area contributed by atoms with Gasteiger partial charge in [-0.15, -0.1) is 11.3 Å². The third-order valence-electron chi connectivity index (χ3n) is 3.50. The molecule has 0 aliphatic heterocycles. The number of amides is 2. The maximum absolute atomic E-state index is 12.1. The van der Waals surface area contributed by atoms with Gasteiger partial charge in [-0.1, -0.05) is 0 Å². The van der Waals surface area contributed by atoms with E-state index >= 15 is 0 Å². The average Bonchev–Trinajstić information content (AvgIpc) is 3.00. The van der Waals surface area contributed by atoms with Crippen molar-refractivity contribution in [2.45, 2.75) is 20.8 Å². The van der Waals surface area contributed by atoms with Gasteiger partial charge in [0, 0.05) is 24.3 Å². The van der Waals surface area contributed by atoms with Gasteiger partial charge in [-0.3, -0.25) is 20.4 Å². The molecule has 0 atom stereocenters. The number of aromatic nitrogens is 1. The van der Waals surface area contributed by atoms with Crippen molar-refractivity contribution in [3.8, 4) is 0 Å². The zero-order chi connectivity index (χ0) is 16.8. The Balaban J connectivity index is 1.96. The molecule has 0 spiro atoms. The van der Waals surface area contributed by atoms with E-state index in [1.165, 1.54) is 11.3 Å². The fourth-order valence-corrected chi connectivity index (χ4v) is 2.87. The van der Waals surface area contributed by atoms with E-state index in [-0.39, 0.29) is 11.8 Å². The number of carbonyl (C=O) groups excluding carboxylic acids is 2. The number of hydrazine groups is 1. The number of hydrogen-bond acceptors (Lipinski definition) is 5. The molecule has 0 saturated carbocycles. The van der Waals surface area contributed by atoms with Crippen LogP contribution in [-0.2, 0) is 0 Å². The molecule has 2 N–H and O–H groups in total. The van der Waals surface area contributed by atoms with Crippen molar-refractivity contribution in [1.82, 2.24) is 15.8 Å². The second-order valence-electron chi connectivity index (χ2n) is 4.89. The number of carbonyl (C=O) groups is 2. The molecular weight excluding hydrogens is 312 g/mol. The minimum atomic E-state index is -0.363. The Morgan fingerprint density at radius 1 is 1.09 bits per heavy atom. The first-order valence-electron chi connectivity index (χ1n) is 7.42. The van der Waals surface area contributed by atoms with Crippen LogP contribution in [-0.4, -0.2) is 29.9 Å². The van der Waals surface area contributed by atoms with Crippen LogP contribution in [0.3, 0.4) is 0 Å². The molecular formula is C16H20N4O2S. The molecule has 2 aromatic rings. The SMILES string of the molecule is CCN(CC)c1ccc(C(=O)NNC(=O)c2scnc2C)cc1. The van der Waals surface area contributed by atoms with Crippen LogP contribution in [0.1, 0.15) is 39.6 Å². The first kappa shape index (κ1) is 17.0. The standard InChI is InChI=1S/C16H20N4O2S/c1-4-20(5-2)13-8-6-12(7-9-13)15(21)18-19-16(22)14-11(3)17-10-23-14/h6-10H,4-5H2,1-3H3,(H,18,21)(H,19,22). The average molecular weight is 332 g/mol. The van der Waals surface area contributed by atoms with E-state index in [1.54, 1.807) is 24.6 Å². The van der Waals surface area contributed by atoms with E-state index in [9.17, 15) is 9.59 Å². The Bertz CT molecular complexity index is 678. The molecule has 0 saturated heterocycles. The fraction of sp³-hybridized carbons (Fsp3) is 0.312. The molecule has 0 fully saturated rings. The summed E-state index contributed by atoms with van der Waals surface area (Å²) >= 11 is 1.24. The highest BCUT2D eigenvalue weighted by Gasteiger charge is 2.13. The van der Waals surface area contributed by atoms with Gasteiger partial charge in [0.15, 0.2) is 0 Å². The van der Waals surface area contributed by atoms with E-state index in [0.29, 0.717) is 16.1 Å². The molecule has 1 aromatic carbocycles. The van der Waals surface area contributed by atoms with Crippen LogP contribution in [0.15, 0.2) is 29.8 Å². The fourth-order valence-electron chi connectivity index (χ4n) is 2.17. The lowest BCUT2D eigenvalue weighted by atomic mass is 10.2. The predicted octanol–water partition coefficient (Wildman–Crippen LogP) is 2.37. The number of rotatable bonds is 5. The van der Waals surface area contributed by atoms with Gasteiger partial charge < -0.3 is 4.90 Å². The zero-order valence-electron chi connectivity index (χ0n) is 13.4. The third kappa shape index (κ3) is 4.07. The first-order valence-corrected chi connectivity index (χ1v) is 8.30. The Morgan fingerprint density at radius 2 is 1.70 bits per heavy atom. The van der Waals surface area contributed by atoms with Crippen molar-refractivity contribution in [1.29, 1.82) is 0 Å². The minimum Gasteiger partial charge on any atom is -0.372 e. The molecule has 6 nitrogen and oxygen atoms in total. The van der Waals surface area contributed by atoms with Crippen molar-refractivity contribution in [3.63, 3.8) is 0 Å². The topological polar surface area (TPSA) is 74.3 Å². The summed E-state index contributed by atoms with van der Waals surface area (Å²) in [5.41, 5.74) is 8.62. The van der Waals surface area contributed by atoms with Gasteiger partial charge >= 0.3 is 0 Å². The number of benzene rings is 1. The Labute approximate surface area is 139 Å². The maximum atomic E-state index is 12.1. The highest BCUT2D eigenvalue weighted by Crippen LogP contribution is 2.15. The van der Waals surface area contributed by atoms with E-state index in [2.05, 4.69) is 34.6 Å². The third-order valence-corrected chi connectivity index (χ3v) is 4.43. The summed E-state index contributed by atoms with van der Waals surface area (Å²) in [5, 5.41) is 0. The molecule has 0 aliphatic rings. The molecule has 0 unspecified atom stereocenters. The van der Waals surface area contributed by atoms with Crippen molar-refractivity contribution in [3.05, 3.63) is 45.9 Å². The molecule has 2 amide bonds. The Kier molecular flexibility index (Phi) is 5.70. The molecule has 0 bridgehead atoms. The van der Waals surface area contributed by atoms with Crippen LogP contribution < -0.4 is 15.8 Å². The van der Waals surface area contributed by atoms with Gasteiger partial charge in [-0.25, -0.2) is 4.98 Å². The normalized spacial score (nSPS) is 10.2. The monoisotopic (exact) mass is 332 g/mol. The van der Waals surface area contributed by atoms with Gasteiger partial charge in [0.05, 0.1) is 11.2 Å². The number of hydrogen-bond donors (Lipinski definition) is 2. The lowest BCUT2D eigenvalue weighted by Crippen LogP contribution is -2.41. The quantitative estimate of drug-likeness (QED) is 0.825. The van der Waals surface area contributed by atoms with E-state index in [0.717, 1.165) is 18.8 Å². The van der Waals surface area contributed by atoms with E-state index in [1.807, 2.05) is 12.1 Å². The van der Waals surface area contributed by atoms with Crippen molar-refractivity contribution < 1.29 is 9.59 Å². The summed E-state index contributed by atoms with van der Waals surface area (Å²) in [4.78, 5) is 30.7. The first-order chi connectivity index (χ1) is 11.1. The maximum Gasteiger partial charge on any atom is 0.281 e. The number of nitrogens with one attached hydrogen (secondary N) is 2. The predicted molar refractivity (Wildman–Crippen MR) is 91.8 cm³/mol. The van der Waals surface area contributed by atoms with Crippen molar-refractivity contribution in [2.24, 2.45) is 0 Å². The van der Waals surface area contributed by atoms with Crippen molar-refractivity contribution in [2.75, 3.05) is 18.0 Å². The smallest absolute Gasteiger partial charge is 0.281 e. The van der Waals surface area contributed by atoms with Crippen LogP contribution in [0.2, 0.25) is 0 Å². The van der Waals surface area contributed by atoms with Crippen LogP contribution in [0.25, 0.3) is 0 Å². The summed E-state index contributed by atoms with van der Waals surface area (Å²) in [7, 11) is 0. The van der Waals surface area contributed by atoms with Crippen LogP contribution in [0.5, 0.6) is 0 Å². The highest BCUT2D eigenvalue weighted by molar-refractivity contribution is 7.11. The lowest BCUT2D eigenvalue weighted by molar-refractivity contribution is 0.0848. The summed E-state index contributed by atoms with van der Waals surface area (Å²) < 4.78 is 0. The Hall–Kier alpha value is -2.41. The van der Waals surface area contributed by atoms with Crippen LogP contribution >= 0.6 is 11.3 Å². The molecule has 1 aromatic heterocycles. The lowest BCUT2D eigenvalue weighted by Gasteiger charge is -2.21. The van der Waals surface area contributed by atoms with Gasteiger partial charge in [0.25, 0.3) is 11.8 Å². The van der Waals surface area contributed by atoms with Crippen LogP contribution in [0.4, 0.5) is 5.69 Å². The summed E-state index contributed by atoms with van der Waals surface area (Å²) in [6, 6.07) is 7.29. The van der Waals surface area contributed by atoms with Gasteiger partial charge in [0.2, 0.25) is 0 Å². The molecule has 7 heteroatoms. The number of thiazole rings is 1. The summed E-state index contributed by atoms with van der Waals surface area (Å²) in [5.74, 6) is -0.718. The second-order valence-corrected chi connectivity index (χ2v) is 5.75. The highest BCUT2D eigenvalue weighted by atomic mass is 32.1. The van der Waals surface area contributed by atoms with E-state index < -0.39 is 0 Å². The largest absolute Gasteiger partial charge is 0.372 e. The number of nitrogens with zero attached hydrogens (tertiary/aromatic N) is 2. The Morgan fingerprint density at radius 3 is 2.22 bits per heavy atom. The van der Waals surface area contributed by atoms with Crippen LogP contribution in [0, 0.1) is 6.92 Å². The number of aryl methyl sites for hydroxylation is 1. The zero-order valence-corrected chi connectivity index (χ0v) is 14.2. The molecule has 2 rings (SSSR count). The number of anilines is 1. The summed E-state index contributed by atoms with van der Waals surface area (Å²) in [6.07, 6.45) is 0. The molecule has 0 radical (unpaired) electrons. The molecule has 1 heterocycles.